The van der Waals surface area contributed by atoms with Crippen LogP contribution in [0.3, 0.4) is 0 Å². The van der Waals surface area contributed by atoms with Gasteiger partial charge in [0, 0.05) is 43.4 Å². The summed E-state index contributed by atoms with van der Waals surface area (Å²) in [6, 6.07) is 4.93. The van der Waals surface area contributed by atoms with Crippen molar-refractivity contribution in [2.24, 2.45) is 5.73 Å². The molecule has 6 heteroatoms. The number of halogens is 1. The summed E-state index contributed by atoms with van der Waals surface area (Å²) < 4.78 is 0. The highest BCUT2D eigenvalue weighted by atomic mass is 35.5. The molecule has 1 heterocycles. The zero-order chi connectivity index (χ0) is 14.5. The number of nitrogens with zero attached hydrogens (tertiary/aromatic N) is 2. The van der Waals surface area contributed by atoms with E-state index in [2.05, 4.69) is 22.0 Å². The molecular formula is C14H21ClN4O. The predicted octanol–water partition coefficient (Wildman–Crippen LogP) is 1.97. The molecule has 0 unspecified atom stereocenters. The molecule has 1 aromatic rings. The molecule has 0 spiro atoms. The Kier molecular flexibility index (Phi) is 5.23. The summed E-state index contributed by atoms with van der Waals surface area (Å²) in [5.41, 5.74) is 6.78. The number of amides is 2. The standard InChI is InChI=1S/C14H21ClN4O/c1-2-18-5-7-19(8-6-18)10-11-3-4-12(9-13(11)15)17-14(16)20/h3-4,9H,2,5-8,10H2,1H3,(H3,16,17,20). The number of carbonyl (C=O) groups is 1. The maximum absolute atomic E-state index is 10.8. The molecule has 5 nitrogen and oxygen atoms in total. The number of likely N-dealkylation sites (N-methyl/N-ethyl adjacent to an activating group) is 1. The van der Waals surface area contributed by atoms with Crippen LogP contribution >= 0.6 is 11.6 Å². The number of hydrogen-bond donors (Lipinski definition) is 2. The molecule has 1 saturated heterocycles. The van der Waals surface area contributed by atoms with Crippen LogP contribution < -0.4 is 11.1 Å². The van der Waals surface area contributed by atoms with Crippen LogP contribution in [0.2, 0.25) is 5.02 Å². The topological polar surface area (TPSA) is 61.6 Å². The molecule has 1 aliphatic heterocycles. The summed E-state index contributed by atoms with van der Waals surface area (Å²) in [6.07, 6.45) is 0. The summed E-state index contributed by atoms with van der Waals surface area (Å²) >= 11 is 6.26. The average molecular weight is 297 g/mol. The van der Waals surface area contributed by atoms with Crippen LogP contribution in [0.15, 0.2) is 18.2 Å². The molecule has 0 radical (unpaired) electrons. The van der Waals surface area contributed by atoms with Crippen molar-refractivity contribution in [2.45, 2.75) is 13.5 Å². The van der Waals surface area contributed by atoms with Crippen LogP contribution in [0.5, 0.6) is 0 Å². The van der Waals surface area contributed by atoms with Gasteiger partial charge in [-0.15, -0.1) is 0 Å². The summed E-state index contributed by atoms with van der Waals surface area (Å²) in [5, 5.41) is 3.19. The highest BCUT2D eigenvalue weighted by molar-refractivity contribution is 6.31. The zero-order valence-electron chi connectivity index (χ0n) is 11.7. The quantitative estimate of drug-likeness (QED) is 0.893. The van der Waals surface area contributed by atoms with Gasteiger partial charge in [-0.1, -0.05) is 24.6 Å². The van der Waals surface area contributed by atoms with Gasteiger partial charge >= 0.3 is 6.03 Å². The average Bonchev–Trinajstić information content (AvgIpc) is 2.42. The summed E-state index contributed by atoms with van der Waals surface area (Å²) in [7, 11) is 0. The lowest BCUT2D eigenvalue weighted by molar-refractivity contribution is 0.132. The lowest BCUT2D eigenvalue weighted by Gasteiger charge is -2.34. The largest absolute Gasteiger partial charge is 0.351 e. The minimum absolute atomic E-state index is 0.579. The van der Waals surface area contributed by atoms with E-state index in [9.17, 15) is 4.79 Å². The number of anilines is 1. The van der Waals surface area contributed by atoms with Crippen molar-refractivity contribution in [3.8, 4) is 0 Å². The fourth-order valence-corrected chi connectivity index (χ4v) is 2.64. The number of piperazine rings is 1. The van der Waals surface area contributed by atoms with Gasteiger partial charge in [0.2, 0.25) is 0 Å². The third-order valence-electron chi connectivity index (χ3n) is 3.63. The molecule has 3 N–H and O–H groups in total. The van der Waals surface area contributed by atoms with Crippen LogP contribution in [0.1, 0.15) is 12.5 Å². The Morgan fingerprint density at radius 1 is 1.30 bits per heavy atom. The van der Waals surface area contributed by atoms with Crippen LogP contribution in [0.4, 0.5) is 10.5 Å². The molecular weight excluding hydrogens is 276 g/mol. The number of hydrogen-bond acceptors (Lipinski definition) is 3. The van der Waals surface area contributed by atoms with Gasteiger partial charge in [0.05, 0.1) is 0 Å². The Morgan fingerprint density at radius 3 is 2.50 bits per heavy atom. The third-order valence-corrected chi connectivity index (χ3v) is 3.98. The Labute approximate surface area is 124 Å². The van der Waals surface area contributed by atoms with E-state index in [1.807, 2.05) is 12.1 Å². The normalized spacial score (nSPS) is 17.1. The Bertz CT molecular complexity index is 472. The molecule has 110 valence electrons. The van der Waals surface area contributed by atoms with Gasteiger partial charge in [-0.05, 0) is 24.2 Å². The van der Waals surface area contributed by atoms with Gasteiger partial charge in [0.25, 0.3) is 0 Å². The second-order valence-electron chi connectivity index (χ2n) is 5.01. The van der Waals surface area contributed by atoms with Crippen molar-refractivity contribution in [3.63, 3.8) is 0 Å². The molecule has 0 atom stereocenters. The van der Waals surface area contributed by atoms with Crippen molar-refractivity contribution in [1.29, 1.82) is 0 Å². The van der Waals surface area contributed by atoms with Gasteiger partial charge in [-0.2, -0.15) is 0 Å². The first-order chi connectivity index (χ1) is 9.58. The summed E-state index contributed by atoms with van der Waals surface area (Å²) in [4.78, 5) is 15.6. The second-order valence-corrected chi connectivity index (χ2v) is 5.41. The van der Waals surface area contributed by atoms with Crippen LogP contribution in [-0.4, -0.2) is 48.6 Å². The third kappa shape index (κ3) is 4.10. The first kappa shape index (κ1) is 15.1. The van der Waals surface area contributed by atoms with Crippen molar-refractivity contribution < 1.29 is 4.79 Å². The zero-order valence-corrected chi connectivity index (χ0v) is 12.5. The van der Waals surface area contributed by atoms with E-state index in [1.165, 1.54) is 0 Å². The fourth-order valence-electron chi connectivity index (χ4n) is 2.40. The minimum atomic E-state index is -0.579. The number of benzene rings is 1. The lowest BCUT2D eigenvalue weighted by Crippen LogP contribution is -2.45. The van der Waals surface area contributed by atoms with E-state index in [4.69, 9.17) is 17.3 Å². The Hall–Kier alpha value is -1.30. The molecule has 2 rings (SSSR count). The van der Waals surface area contributed by atoms with E-state index in [0.29, 0.717) is 10.7 Å². The molecule has 0 saturated carbocycles. The second kappa shape index (κ2) is 6.92. The van der Waals surface area contributed by atoms with Crippen LogP contribution in [-0.2, 0) is 6.54 Å². The van der Waals surface area contributed by atoms with Crippen LogP contribution in [0.25, 0.3) is 0 Å². The SMILES string of the molecule is CCN1CCN(Cc2ccc(NC(N)=O)cc2Cl)CC1. The van der Waals surface area contributed by atoms with Gasteiger partial charge < -0.3 is 16.0 Å². The van der Waals surface area contributed by atoms with E-state index in [1.54, 1.807) is 6.07 Å². The fraction of sp³-hybridized carbons (Fsp3) is 0.500. The van der Waals surface area contributed by atoms with Crippen molar-refractivity contribution in [1.82, 2.24) is 9.80 Å². The van der Waals surface area contributed by atoms with Crippen molar-refractivity contribution in [2.75, 3.05) is 38.0 Å². The van der Waals surface area contributed by atoms with Crippen molar-refractivity contribution in [3.05, 3.63) is 28.8 Å². The number of nitrogens with two attached hydrogens (primary N) is 1. The van der Waals surface area contributed by atoms with Crippen LogP contribution in [0, 0.1) is 0 Å². The molecule has 20 heavy (non-hydrogen) atoms. The monoisotopic (exact) mass is 296 g/mol. The number of urea groups is 1. The number of nitrogens with one attached hydrogen (secondary N) is 1. The highest BCUT2D eigenvalue weighted by Gasteiger charge is 2.16. The molecule has 0 bridgehead atoms. The van der Waals surface area contributed by atoms with Gasteiger partial charge in [0.1, 0.15) is 0 Å². The maximum atomic E-state index is 10.8. The van der Waals surface area contributed by atoms with Gasteiger partial charge in [-0.25, -0.2) is 4.79 Å². The highest BCUT2D eigenvalue weighted by Crippen LogP contribution is 2.22. The molecule has 1 fully saturated rings. The summed E-state index contributed by atoms with van der Waals surface area (Å²) in [5.74, 6) is 0. The molecule has 2 amide bonds. The molecule has 1 aliphatic rings. The van der Waals surface area contributed by atoms with E-state index < -0.39 is 6.03 Å². The predicted molar refractivity (Wildman–Crippen MR) is 82.0 cm³/mol. The van der Waals surface area contributed by atoms with E-state index in [-0.39, 0.29) is 0 Å². The molecule has 0 aliphatic carbocycles. The van der Waals surface area contributed by atoms with Gasteiger partial charge in [0.15, 0.2) is 0 Å². The summed E-state index contributed by atoms with van der Waals surface area (Å²) in [6.45, 7) is 8.48. The maximum Gasteiger partial charge on any atom is 0.316 e. The number of carbonyl (C=O) groups excluding carboxylic acids is 1. The first-order valence-electron chi connectivity index (χ1n) is 6.88. The Balaban J connectivity index is 1.95. The van der Waals surface area contributed by atoms with Crippen molar-refractivity contribution >= 4 is 23.3 Å². The molecule has 0 aromatic heterocycles. The number of rotatable bonds is 4. The molecule has 1 aromatic carbocycles. The van der Waals surface area contributed by atoms with E-state index >= 15 is 0 Å². The number of primary amides is 1. The lowest BCUT2D eigenvalue weighted by atomic mass is 10.1. The van der Waals surface area contributed by atoms with E-state index in [0.717, 1.165) is 44.8 Å². The smallest absolute Gasteiger partial charge is 0.316 e. The Morgan fingerprint density at radius 2 is 1.95 bits per heavy atom. The first-order valence-corrected chi connectivity index (χ1v) is 7.26. The minimum Gasteiger partial charge on any atom is -0.351 e. The van der Waals surface area contributed by atoms with Gasteiger partial charge in [-0.3, -0.25) is 4.90 Å².